The van der Waals surface area contributed by atoms with Gasteiger partial charge in [-0.3, -0.25) is 0 Å². The van der Waals surface area contributed by atoms with Crippen molar-refractivity contribution in [1.82, 2.24) is 0 Å². The number of aromatic nitrogens is 1. The van der Waals surface area contributed by atoms with Crippen molar-refractivity contribution in [2.24, 2.45) is 12.8 Å². The number of hydrogen-bond acceptors (Lipinski definition) is 3. The van der Waals surface area contributed by atoms with Gasteiger partial charge in [0.05, 0.1) is 16.7 Å². The highest BCUT2D eigenvalue weighted by Gasteiger charge is 2.18. The lowest BCUT2D eigenvalue weighted by Gasteiger charge is -2.11. The third-order valence-corrected chi connectivity index (χ3v) is 3.67. The van der Waals surface area contributed by atoms with Gasteiger partial charge < -0.3 is 15.6 Å². The molecular weight excluding hydrogens is 252 g/mol. The zero-order chi connectivity index (χ0) is 14.3. The summed E-state index contributed by atoms with van der Waals surface area (Å²) >= 11 is 0. The smallest absolute Gasteiger partial charge is 0.213 e. The molecule has 0 saturated carbocycles. The Balaban J connectivity index is 2.59. The van der Waals surface area contributed by atoms with E-state index in [2.05, 4.69) is 0 Å². The van der Waals surface area contributed by atoms with E-state index < -0.39 is 5.97 Å². The zero-order valence-electron chi connectivity index (χ0n) is 11.1. The average Bonchev–Trinajstić information content (AvgIpc) is 2.46. The summed E-state index contributed by atoms with van der Waals surface area (Å²) in [6.07, 6.45) is 0. The third-order valence-electron chi connectivity index (χ3n) is 3.67. The maximum atomic E-state index is 11.6. The van der Waals surface area contributed by atoms with Crippen molar-refractivity contribution in [3.63, 3.8) is 0 Å². The van der Waals surface area contributed by atoms with Crippen molar-refractivity contribution in [2.45, 2.75) is 6.54 Å². The van der Waals surface area contributed by atoms with Crippen molar-refractivity contribution in [1.29, 1.82) is 0 Å². The Labute approximate surface area is 116 Å². The van der Waals surface area contributed by atoms with E-state index in [0.29, 0.717) is 17.3 Å². The normalized spacial score (nSPS) is 11.1. The average molecular weight is 266 g/mol. The van der Waals surface area contributed by atoms with Crippen LogP contribution < -0.4 is 15.4 Å². The van der Waals surface area contributed by atoms with Gasteiger partial charge in [-0.2, -0.15) is 4.57 Å². The fraction of sp³-hybridized carbons (Fsp3) is 0.125. The van der Waals surface area contributed by atoms with Gasteiger partial charge in [0.2, 0.25) is 11.0 Å². The number of nitrogens with zero attached hydrogens (tertiary/aromatic N) is 1. The molecule has 0 aliphatic rings. The first-order chi connectivity index (χ1) is 9.63. The number of carboxylic acid groups (broad SMARTS) is 1. The number of para-hydroxylation sites is 1. The van der Waals surface area contributed by atoms with E-state index in [1.165, 1.54) is 0 Å². The Bertz CT molecular complexity index is 841. The first-order valence-corrected chi connectivity index (χ1v) is 6.38. The predicted molar refractivity (Wildman–Crippen MR) is 74.9 cm³/mol. The summed E-state index contributed by atoms with van der Waals surface area (Å²) in [4.78, 5) is 11.6. The molecule has 0 amide bonds. The minimum atomic E-state index is -1.17. The highest BCUT2D eigenvalue weighted by Crippen LogP contribution is 2.25. The Morgan fingerprint density at radius 2 is 1.85 bits per heavy atom. The lowest BCUT2D eigenvalue weighted by atomic mass is 10.0. The van der Waals surface area contributed by atoms with Crippen molar-refractivity contribution in [3.05, 3.63) is 53.6 Å². The fourth-order valence-corrected chi connectivity index (χ4v) is 2.68. The molecule has 1 aromatic heterocycles. The Kier molecular flexibility index (Phi) is 2.88. The second-order valence-electron chi connectivity index (χ2n) is 4.79. The van der Waals surface area contributed by atoms with Gasteiger partial charge >= 0.3 is 0 Å². The molecule has 1 heterocycles. The Hall–Kier alpha value is -2.46. The number of fused-ring (bicyclic) bond motifs is 2. The van der Waals surface area contributed by atoms with Crippen molar-refractivity contribution >= 4 is 27.8 Å². The van der Waals surface area contributed by atoms with Gasteiger partial charge in [-0.05, 0) is 17.7 Å². The summed E-state index contributed by atoms with van der Waals surface area (Å²) in [6.45, 7) is 0.374. The number of pyridine rings is 1. The summed E-state index contributed by atoms with van der Waals surface area (Å²) in [7, 11) is 1.92. The Morgan fingerprint density at radius 1 is 1.15 bits per heavy atom. The van der Waals surface area contributed by atoms with E-state index in [1.54, 1.807) is 6.07 Å². The molecule has 0 radical (unpaired) electrons. The predicted octanol–water partition coefficient (Wildman–Crippen LogP) is 0.640. The largest absolute Gasteiger partial charge is 0.545 e. The quantitative estimate of drug-likeness (QED) is 0.546. The van der Waals surface area contributed by atoms with Gasteiger partial charge in [0.25, 0.3) is 0 Å². The maximum absolute atomic E-state index is 11.6. The van der Waals surface area contributed by atoms with E-state index in [1.807, 2.05) is 48.0 Å². The second-order valence-corrected chi connectivity index (χ2v) is 4.79. The molecule has 0 bridgehead atoms. The monoisotopic (exact) mass is 266 g/mol. The molecule has 100 valence electrons. The van der Waals surface area contributed by atoms with Gasteiger partial charge in [-0.15, -0.1) is 0 Å². The number of aromatic carboxylic acids is 1. The molecule has 3 rings (SSSR count). The van der Waals surface area contributed by atoms with Crippen LogP contribution in [-0.2, 0) is 13.6 Å². The molecular formula is C16H14N2O2. The van der Waals surface area contributed by atoms with E-state index in [0.717, 1.165) is 16.6 Å². The van der Waals surface area contributed by atoms with Crippen LogP contribution in [0, 0.1) is 0 Å². The fourth-order valence-electron chi connectivity index (χ4n) is 2.68. The van der Waals surface area contributed by atoms with E-state index in [-0.39, 0.29) is 5.56 Å². The van der Waals surface area contributed by atoms with Crippen LogP contribution in [0.4, 0.5) is 0 Å². The number of benzene rings is 2. The van der Waals surface area contributed by atoms with E-state index in [9.17, 15) is 9.90 Å². The number of hydrogen-bond donors (Lipinski definition) is 1. The van der Waals surface area contributed by atoms with Crippen LogP contribution in [-0.4, -0.2) is 5.97 Å². The van der Waals surface area contributed by atoms with Crippen LogP contribution in [0.2, 0.25) is 0 Å². The molecule has 0 saturated heterocycles. The number of carbonyl (C=O) groups is 1. The molecule has 0 unspecified atom stereocenters. The minimum absolute atomic E-state index is 0.226. The molecule has 0 atom stereocenters. The number of nitrogens with two attached hydrogens (primary N) is 1. The SMILES string of the molecule is C[n+]1c2ccccc2c(C(=O)[O-])c2cc(CN)ccc21. The molecule has 0 spiro atoms. The van der Waals surface area contributed by atoms with E-state index in [4.69, 9.17) is 5.73 Å². The van der Waals surface area contributed by atoms with Crippen LogP contribution in [0.5, 0.6) is 0 Å². The molecule has 4 heteroatoms. The lowest BCUT2D eigenvalue weighted by Crippen LogP contribution is -2.33. The van der Waals surface area contributed by atoms with Crippen LogP contribution in [0.15, 0.2) is 42.5 Å². The van der Waals surface area contributed by atoms with Crippen LogP contribution in [0.3, 0.4) is 0 Å². The van der Waals surface area contributed by atoms with Crippen molar-refractivity contribution in [3.8, 4) is 0 Å². The van der Waals surface area contributed by atoms with Crippen LogP contribution in [0.1, 0.15) is 15.9 Å². The molecule has 0 aliphatic carbocycles. The van der Waals surface area contributed by atoms with Crippen molar-refractivity contribution < 1.29 is 14.5 Å². The molecule has 0 aliphatic heterocycles. The number of aryl methyl sites for hydroxylation is 1. The topological polar surface area (TPSA) is 70.0 Å². The van der Waals surface area contributed by atoms with Gasteiger partial charge in [-0.25, -0.2) is 0 Å². The number of rotatable bonds is 2. The van der Waals surface area contributed by atoms with Gasteiger partial charge in [0.15, 0.2) is 0 Å². The Morgan fingerprint density at radius 3 is 2.55 bits per heavy atom. The first kappa shape index (κ1) is 12.6. The molecule has 0 fully saturated rings. The highest BCUT2D eigenvalue weighted by atomic mass is 16.4. The summed E-state index contributed by atoms with van der Waals surface area (Å²) in [5.74, 6) is -1.17. The third kappa shape index (κ3) is 1.73. The van der Waals surface area contributed by atoms with Crippen LogP contribution in [0.25, 0.3) is 21.8 Å². The molecule has 2 aromatic carbocycles. The molecule has 3 aromatic rings. The summed E-state index contributed by atoms with van der Waals surface area (Å²) in [5, 5.41) is 12.9. The minimum Gasteiger partial charge on any atom is -0.545 e. The summed E-state index contributed by atoms with van der Waals surface area (Å²) < 4.78 is 1.98. The summed E-state index contributed by atoms with van der Waals surface area (Å²) in [6, 6.07) is 13.1. The highest BCUT2D eigenvalue weighted by molar-refractivity contribution is 6.11. The number of carboxylic acids is 1. The van der Waals surface area contributed by atoms with Gasteiger partial charge in [-0.1, -0.05) is 18.2 Å². The lowest BCUT2D eigenvalue weighted by molar-refractivity contribution is -0.617. The van der Waals surface area contributed by atoms with Crippen LogP contribution >= 0.6 is 0 Å². The summed E-state index contributed by atoms with van der Waals surface area (Å²) in [5.41, 5.74) is 8.48. The standard InChI is InChI=1S/C16H14N2O2/c1-18-13-5-3-2-4-11(13)15(16(19)20)12-8-10(9-17)6-7-14(12)18/h2-8H,9,17H2,1H3. The van der Waals surface area contributed by atoms with E-state index >= 15 is 0 Å². The van der Waals surface area contributed by atoms with Gasteiger partial charge in [0, 0.05) is 24.2 Å². The number of carbonyl (C=O) groups excluding carboxylic acids is 1. The first-order valence-electron chi connectivity index (χ1n) is 6.38. The molecule has 20 heavy (non-hydrogen) atoms. The van der Waals surface area contributed by atoms with Gasteiger partial charge in [0.1, 0.15) is 7.05 Å². The molecule has 2 N–H and O–H groups in total. The second kappa shape index (κ2) is 4.58. The van der Waals surface area contributed by atoms with Crippen molar-refractivity contribution in [2.75, 3.05) is 0 Å². The maximum Gasteiger partial charge on any atom is 0.213 e. The zero-order valence-corrected chi connectivity index (χ0v) is 11.1. The molecule has 4 nitrogen and oxygen atoms in total.